The van der Waals surface area contributed by atoms with Gasteiger partial charge >= 0.3 is 0 Å². The third-order valence-electron chi connectivity index (χ3n) is 6.18. The first-order valence-electron chi connectivity index (χ1n) is 11.9. The van der Waals surface area contributed by atoms with Crippen molar-refractivity contribution in [2.45, 2.75) is 6.92 Å². The Labute approximate surface area is 215 Å². The number of ether oxygens (including phenoxy) is 1. The van der Waals surface area contributed by atoms with Crippen LogP contribution in [0.1, 0.15) is 21.5 Å². The molecule has 5 aromatic rings. The van der Waals surface area contributed by atoms with Crippen molar-refractivity contribution in [2.24, 2.45) is 4.99 Å². The maximum absolute atomic E-state index is 14.2. The van der Waals surface area contributed by atoms with Crippen molar-refractivity contribution in [2.75, 3.05) is 12.0 Å². The fourth-order valence-corrected chi connectivity index (χ4v) is 4.23. The second kappa shape index (κ2) is 10.4. The molecule has 0 radical (unpaired) electrons. The van der Waals surface area contributed by atoms with Gasteiger partial charge in [-0.3, -0.25) is 9.69 Å². The molecule has 37 heavy (non-hydrogen) atoms. The Balaban J connectivity index is 1.79. The number of carbonyl (C=O) groups is 1. The molecule has 0 saturated carbocycles. The number of aliphatic imine (C=N–C) groups is 1. The quantitative estimate of drug-likeness (QED) is 0.210. The van der Waals surface area contributed by atoms with E-state index in [9.17, 15) is 9.90 Å². The molecule has 0 aliphatic heterocycles. The summed E-state index contributed by atoms with van der Waals surface area (Å²) in [5.74, 6) is 0.680. The maximum Gasteiger partial charge on any atom is 0.267 e. The van der Waals surface area contributed by atoms with Gasteiger partial charge in [-0.05, 0) is 66.2 Å². The van der Waals surface area contributed by atoms with Crippen LogP contribution in [0.4, 0.5) is 11.4 Å². The monoisotopic (exact) mass is 486 g/mol. The number of rotatable bonds is 5. The predicted molar refractivity (Wildman–Crippen MR) is 149 cm³/mol. The van der Waals surface area contributed by atoms with E-state index in [0.717, 1.165) is 21.9 Å². The summed E-state index contributed by atoms with van der Waals surface area (Å²) in [5, 5.41) is 12.6. The number of aryl methyl sites for hydroxylation is 1. The molecular formula is C32H26N2O3. The van der Waals surface area contributed by atoms with E-state index in [-0.39, 0.29) is 17.2 Å². The van der Waals surface area contributed by atoms with Gasteiger partial charge in [0.2, 0.25) is 0 Å². The van der Waals surface area contributed by atoms with Gasteiger partial charge in [0.25, 0.3) is 5.91 Å². The van der Waals surface area contributed by atoms with Crippen LogP contribution in [0.15, 0.2) is 120 Å². The average molecular weight is 487 g/mol. The molecule has 0 unspecified atom stereocenters. The molecular weight excluding hydrogens is 460 g/mol. The zero-order chi connectivity index (χ0) is 25.8. The summed E-state index contributed by atoms with van der Waals surface area (Å²) >= 11 is 0. The van der Waals surface area contributed by atoms with Crippen molar-refractivity contribution < 1.29 is 14.6 Å². The molecule has 1 N–H and O–H groups in total. The number of para-hydroxylation sites is 1. The summed E-state index contributed by atoms with van der Waals surface area (Å²) in [5.41, 5.74) is 3.34. The van der Waals surface area contributed by atoms with Gasteiger partial charge in [-0.15, -0.1) is 0 Å². The van der Waals surface area contributed by atoms with Crippen LogP contribution in [0, 0.1) is 6.92 Å². The van der Waals surface area contributed by atoms with Crippen LogP contribution in [0.5, 0.6) is 11.5 Å². The van der Waals surface area contributed by atoms with E-state index in [2.05, 4.69) is 0 Å². The number of benzene rings is 5. The van der Waals surface area contributed by atoms with Gasteiger partial charge in [-0.25, -0.2) is 4.99 Å². The van der Waals surface area contributed by atoms with E-state index in [1.807, 2.05) is 97.9 Å². The first kappa shape index (κ1) is 23.8. The fourth-order valence-electron chi connectivity index (χ4n) is 4.23. The number of methoxy groups -OCH3 is 1. The average Bonchev–Trinajstić information content (AvgIpc) is 2.94. The zero-order valence-electron chi connectivity index (χ0n) is 20.6. The predicted octanol–water partition coefficient (Wildman–Crippen LogP) is 7.29. The van der Waals surface area contributed by atoms with E-state index in [1.54, 1.807) is 30.2 Å². The Morgan fingerprint density at radius 1 is 0.757 bits per heavy atom. The van der Waals surface area contributed by atoms with Crippen molar-refractivity contribution in [1.29, 1.82) is 0 Å². The molecule has 5 heteroatoms. The van der Waals surface area contributed by atoms with Crippen LogP contribution in [0.25, 0.3) is 10.8 Å². The summed E-state index contributed by atoms with van der Waals surface area (Å²) < 4.78 is 5.31. The number of carbonyl (C=O) groups excluding carboxylic acids is 1. The minimum Gasteiger partial charge on any atom is -0.507 e. The number of amidine groups is 1. The standard InChI is InChI=1S/C32H26N2O3/c1-22-14-18-25(19-15-22)34(32(36)29-11-5-6-13-30(29)35)31(33-24-16-20-26(37-2)21-17-24)28-12-7-9-23-8-3-4-10-27(23)28/h3-21,35H,1-2H3. The number of phenols is 1. The molecule has 5 aromatic carbocycles. The molecule has 1 amide bonds. The van der Waals surface area contributed by atoms with E-state index in [4.69, 9.17) is 9.73 Å². The van der Waals surface area contributed by atoms with Crippen LogP contribution < -0.4 is 9.64 Å². The summed E-state index contributed by atoms with van der Waals surface area (Å²) in [4.78, 5) is 20.7. The zero-order valence-corrected chi connectivity index (χ0v) is 20.6. The van der Waals surface area contributed by atoms with E-state index in [1.165, 1.54) is 6.07 Å². The number of amides is 1. The molecule has 0 aromatic heterocycles. The first-order valence-corrected chi connectivity index (χ1v) is 11.9. The smallest absolute Gasteiger partial charge is 0.267 e. The van der Waals surface area contributed by atoms with Crippen LogP contribution >= 0.6 is 0 Å². The minimum absolute atomic E-state index is 0.0914. The lowest BCUT2D eigenvalue weighted by molar-refractivity contribution is 0.1000. The highest BCUT2D eigenvalue weighted by Gasteiger charge is 2.27. The van der Waals surface area contributed by atoms with Gasteiger partial charge in [0.05, 0.1) is 24.0 Å². The molecule has 0 bridgehead atoms. The lowest BCUT2D eigenvalue weighted by atomic mass is 10.0. The first-order chi connectivity index (χ1) is 18.0. The molecule has 0 saturated heterocycles. The SMILES string of the molecule is COc1ccc(N=C(c2cccc3ccccc23)N(C(=O)c2ccccc2O)c2ccc(C)cc2)cc1. The van der Waals surface area contributed by atoms with E-state index < -0.39 is 0 Å². The number of fused-ring (bicyclic) bond motifs is 1. The summed E-state index contributed by atoms with van der Waals surface area (Å²) in [6.45, 7) is 2.00. The van der Waals surface area contributed by atoms with Crippen LogP contribution in [0.2, 0.25) is 0 Å². The molecule has 0 fully saturated rings. The molecule has 0 spiro atoms. The van der Waals surface area contributed by atoms with Crippen LogP contribution in [0.3, 0.4) is 0 Å². The number of anilines is 1. The van der Waals surface area contributed by atoms with Crippen molar-refractivity contribution >= 4 is 33.9 Å². The Morgan fingerprint density at radius 3 is 2.14 bits per heavy atom. The van der Waals surface area contributed by atoms with Crippen molar-refractivity contribution in [3.05, 3.63) is 132 Å². The van der Waals surface area contributed by atoms with E-state index >= 15 is 0 Å². The number of phenolic OH excluding ortho intramolecular Hbond substituents is 1. The normalized spacial score (nSPS) is 11.4. The lowest BCUT2D eigenvalue weighted by Crippen LogP contribution is -2.38. The van der Waals surface area contributed by atoms with Gasteiger partial charge in [0.1, 0.15) is 17.3 Å². The van der Waals surface area contributed by atoms with Crippen molar-refractivity contribution in [1.82, 2.24) is 0 Å². The lowest BCUT2D eigenvalue weighted by Gasteiger charge is -2.26. The number of hydrogen-bond donors (Lipinski definition) is 1. The minimum atomic E-state index is -0.387. The Hall–Kier alpha value is -4.90. The topological polar surface area (TPSA) is 62.1 Å². The van der Waals surface area contributed by atoms with E-state index in [0.29, 0.717) is 23.0 Å². The second-order valence-electron chi connectivity index (χ2n) is 8.65. The van der Waals surface area contributed by atoms with Crippen molar-refractivity contribution in [3.8, 4) is 11.5 Å². The number of aromatic hydroxyl groups is 1. The molecule has 0 aliphatic carbocycles. The summed E-state index contributed by atoms with van der Waals surface area (Å²) in [7, 11) is 1.62. The van der Waals surface area contributed by atoms with Gasteiger partial charge < -0.3 is 9.84 Å². The molecule has 5 rings (SSSR count). The highest BCUT2D eigenvalue weighted by atomic mass is 16.5. The maximum atomic E-state index is 14.2. The number of hydrogen-bond acceptors (Lipinski definition) is 4. The molecule has 5 nitrogen and oxygen atoms in total. The Kier molecular flexibility index (Phi) is 6.68. The molecule has 0 aliphatic rings. The highest BCUT2D eigenvalue weighted by Crippen LogP contribution is 2.30. The summed E-state index contributed by atoms with van der Waals surface area (Å²) in [6, 6.07) is 35.6. The van der Waals surface area contributed by atoms with Gasteiger partial charge in [0, 0.05) is 5.56 Å². The van der Waals surface area contributed by atoms with Gasteiger partial charge in [-0.2, -0.15) is 0 Å². The Bertz CT molecular complexity index is 1580. The fraction of sp³-hybridized carbons (Fsp3) is 0.0625. The highest BCUT2D eigenvalue weighted by molar-refractivity contribution is 6.31. The largest absolute Gasteiger partial charge is 0.507 e. The molecule has 0 atom stereocenters. The third-order valence-corrected chi connectivity index (χ3v) is 6.18. The summed E-state index contributed by atoms with van der Waals surface area (Å²) in [6.07, 6.45) is 0. The van der Waals surface area contributed by atoms with Gasteiger partial charge in [-0.1, -0.05) is 72.3 Å². The van der Waals surface area contributed by atoms with Crippen LogP contribution in [-0.4, -0.2) is 24.0 Å². The second-order valence-corrected chi connectivity index (χ2v) is 8.65. The molecule has 0 heterocycles. The van der Waals surface area contributed by atoms with Crippen LogP contribution in [-0.2, 0) is 0 Å². The number of nitrogens with zero attached hydrogens (tertiary/aromatic N) is 2. The van der Waals surface area contributed by atoms with Crippen molar-refractivity contribution in [3.63, 3.8) is 0 Å². The molecule has 182 valence electrons. The third kappa shape index (κ3) is 4.93. The van der Waals surface area contributed by atoms with Gasteiger partial charge in [0.15, 0.2) is 0 Å². The Morgan fingerprint density at radius 2 is 1.41 bits per heavy atom.